The molecule has 0 saturated carbocycles. The molecule has 0 aromatic carbocycles. The molecule has 1 aromatic rings. The SMILES string of the molecule is O=c1n(CCC2CCCO2)nc2n1CCNC2. The number of nitrogens with zero attached hydrogens (tertiary/aromatic N) is 3. The third-order valence-electron chi connectivity index (χ3n) is 3.48. The highest BCUT2D eigenvalue weighted by Gasteiger charge is 2.19. The topological polar surface area (TPSA) is 61.1 Å². The summed E-state index contributed by atoms with van der Waals surface area (Å²) in [6.07, 6.45) is 3.47. The van der Waals surface area contributed by atoms with Gasteiger partial charge in [-0.25, -0.2) is 9.48 Å². The second kappa shape index (κ2) is 4.62. The van der Waals surface area contributed by atoms with Gasteiger partial charge in [0.05, 0.1) is 12.6 Å². The Morgan fingerprint density at radius 1 is 1.53 bits per heavy atom. The molecule has 1 unspecified atom stereocenters. The summed E-state index contributed by atoms with van der Waals surface area (Å²) in [5, 5.41) is 7.58. The van der Waals surface area contributed by atoms with Crippen LogP contribution in [0.25, 0.3) is 0 Å². The molecule has 0 amide bonds. The number of hydrogen-bond donors (Lipinski definition) is 1. The van der Waals surface area contributed by atoms with E-state index in [4.69, 9.17) is 4.74 Å². The Labute approximate surface area is 99.6 Å². The number of hydrogen-bond acceptors (Lipinski definition) is 4. The van der Waals surface area contributed by atoms with Crippen molar-refractivity contribution in [1.29, 1.82) is 0 Å². The molecule has 1 N–H and O–H groups in total. The van der Waals surface area contributed by atoms with Gasteiger partial charge >= 0.3 is 5.69 Å². The van der Waals surface area contributed by atoms with Gasteiger partial charge in [0.1, 0.15) is 5.82 Å². The zero-order valence-corrected chi connectivity index (χ0v) is 9.89. The van der Waals surface area contributed by atoms with Crippen molar-refractivity contribution in [3.8, 4) is 0 Å². The summed E-state index contributed by atoms with van der Waals surface area (Å²) >= 11 is 0. The van der Waals surface area contributed by atoms with Gasteiger partial charge in [0.2, 0.25) is 0 Å². The lowest BCUT2D eigenvalue weighted by Crippen LogP contribution is -2.34. The minimum atomic E-state index is 0.0273. The van der Waals surface area contributed by atoms with E-state index in [1.807, 2.05) is 0 Å². The number of nitrogens with one attached hydrogen (secondary N) is 1. The Morgan fingerprint density at radius 3 is 3.24 bits per heavy atom. The van der Waals surface area contributed by atoms with E-state index in [9.17, 15) is 4.79 Å². The molecular weight excluding hydrogens is 220 g/mol. The molecule has 1 saturated heterocycles. The van der Waals surface area contributed by atoms with Gasteiger partial charge in [-0.15, -0.1) is 0 Å². The molecule has 0 aliphatic carbocycles. The molecule has 6 heteroatoms. The summed E-state index contributed by atoms with van der Waals surface area (Å²) in [5.74, 6) is 0.855. The van der Waals surface area contributed by atoms with Crippen LogP contribution in [0.1, 0.15) is 25.1 Å². The number of rotatable bonds is 3. The van der Waals surface area contributed by atoms with Crippen molar-refractivity contribution >= 4 is 0 Å². The maximum absolute atomic E-state index is 12.0. The predicted octanol–water partition coefficient (Wildman–Crippen LogP) is -0.283. The molecule has 0 bridgehead atoms. The van der Waals surface area contributed by atoms with E-state index < -0.39 is 0 Å². The Balaban J connectivity index is 1.70. The van der Waals surface area contributed by atoms with E-state index in [2.05, 4.69) is 10.4 Å². The van der Waals surface area contributed by atoms with Crippen LogP contribution in [0.3, 0.4) is 0 Å². The largest absolute Gasteiger partial charge is 0.378 e. The molecule has 2 aliphatic rings. The van der Waals surface area contributed by atoms with E-state index in [1.54, 1.807) is 9.25 Å². The van der Waals surface area contributed by atoms with Crippen molar-refractivity contribution in [2.75, 3.05) is 13.2 Å². The zero-order valence-electron chi connectivity index (χ0n) is 9.89. The number of ether oxygens (including phenoxy) is 1. The average Bonchev–Trinajstić information content (AvgIpc) is 2.96. The maximum Gasteiger partial charge on any atom is 0.345 e. The minimum absolute atomic E-state index is 0.0273. The van der Waals surface area contributed by atoms with E-state index in [0.717, 1.165) is 44.8 Å². The van der Waals surface area contributed by atoms with Gasteiger partial charge in [0, 0.05) is 26.2 Å². The van der Waals surface area contributed by atoms with E-state index >= 15 is 0 Å². The number of fused-ring (bicyclic) bond motifs is 1. The Hall–Kier alpha value is -1.14. The lowest BCUT2D eigenvalue weighted by Gasteiger charge is -2.11. The fourth-order valence-corrected chi connectivity index (χ4v) is 2.52. The molecule has 1 atom stereocenters. The van der Waals surface area contributed by atoms with Gasteiger partial charge in [-0.3, -0.25) is 4.57 Å². The highest BCUT2D eigenvalue weighted by atomic mass is 16.5. The van der Waals surface area contributed by atoms with Gasteiger partial charge < -0.3 is 10.1 Å². The standard InChI is InChI=1S/C11H18N4O2/c16-11-14-6-4-12-8-10(14)13-15(11)5-3-9-2-1-7-17-9/h9,12H,1-8H2. The van der Waals surface area contributed by atoms with Gasteiger partial charge in [-0.05, 0) is 19.3 Å². The first-order valence-corrected chi connectivity index (χ1v) is 6.33. The van der Waals surface area contributed by atoms with Crippen LogP contribution in [-0.4, -0.2) is 33.6 Å². The Bertz CT molecular complexity index is 445. The van der Waals surface area contributed by atoms with Crippen LogP contribution >= 0.6 is 0 Å². The molecule has 3 rings (SSSR count). The normalized spacial score (nSPS) is 23.9. The molecule has 6 nitrogen and oxygen atoms in total. The Morgan fingerprint density at radius 2 is 2.47 bits per heavy atom. The summed E-state index contributed by atoms with van der Waals surface area (Å²) in [7, 11) is 0. The molecule has 2 aliphatic heterocycles. The highest BCUT2D eigenvalue weighted by Crippen LogP contribution is 2.15. The van der Waals surface area contributed by atoms with Crippen LogP contribution < -0.4 is 11.0 Å². The fourth-order valence-electron chi connectivity index (χ4n) is 2.52. The third kappa shape index (κ3) is 2.14. The third-order valence-corrected chi connectivity index (χ3v) is 3.48. The summed E-state index contributed by atoms with van der Waals surface area (Å²) < 4.78 is 8.91. The minimum Gasteiger partial charge on any atom is -0.378 e. The fraction of sp³-hybridized carbons (Fsp3) is 0.818. The zero-order chi connectivity index (χ0) is 11.7. The second-order valence-electron chi connectivity index (χ2n) is 4.67. The smallest absolute Gasteiger partial charge is 0.345 e. The quantitative estimate of drug-likeness (QED) is 0.786. The Kier molecular flexibility index (Phi) is 2.98. The molecule has 0 radical (unpaired) electrons. The predicted molar refractivity (Wildman–Crippen MR) is 61.8 cm³/mol. The summed E-state index contributed by atoms with van der Waals surface area (Å²) in [6.45, 7) is 3.81. The van der Waals surface area contributed by atoms with Crippen molar-refractivity contribution < 1.29 is 4.74 Å². The first-order chi connectivity index (χ1) is 8.34. The summed E-state index contributed by atoms with van der Waals surface area (Å²) in [5.41, 5.74) is 0.0273. The van der Waals surface area contributed by atoms with E-state index in [1.165, 1.54) is 0 Å². The van der Waals surface area contributed by atoms with Gasteiger partial charge in [0.15, 0.2) is 0 Å². The monoisotopic (exact) mass is 238 g/mol. The van der Waals surface area contributed by atoms with E-state index in [-0.39, 0.29) is 5.69 Å². The average molecular weight is 238 g/mol. The van der Waals surface area contributed by atoms with Crippen LogP contribution in [0.15, 0.2) is 4.79 Å². The van der Waals surface area contributed by atoms with Gasteiger partial charge in [-0.1, -0.05) is 0 Å². The molecule has 3 heterocycles. The molecule has 0 spiro atoms. The molecule has 1 aromatic heterocycles. The van der Waals surface area contributed by atoms with Crippen LogP contribution in [-0.2, 0) is 24.4 Å². The van der Waals surface area contributed by atoms with Crippen molar-refractivity contribution in [1.82, 2.24) is 19.7 Å². The van der Waals surface area contributed by atoms with Gasteiger partial charge in [0.25, 0.3) is 0 Å². The van der Waals surface area contributed by atoms with E-state index in [0.29, 0.717) is 19.2 Å². The van der Waals surface area contributed by atoms with Crippen LogP contribution in [0.5, 0.6) is 0 Å². The lowest BCUT2D eigenvalue weighted by atomic mass is 10.2. The lowest BCUT2D eigenvalue weighted by molar-refractivity contribution is 0.0991. The van der Waals surface area contributed by atoms with Crippen LogP contribution in [0.2, 0.25) is 0 Å². The maximum atomic E-state index is 12.0. The first kappa shape index (κ1) is 11.0. The second-order valence-corrected chi connectivity index (χ2v) is 4.67. The van der Waals surface area contributed by atoms with Crippen molar-refractivity contribution in [3.63, 3.8) is 0 Å². The van der Waals surface area contributed by atoms with Gasteiger partial charge in [-0.2, -0.15) is 5.10 Å². The van der Waals surface area contributed by atoms with Crippen molar-refractivity contribution in [2.24, 2.45) is 0 Å². The molecule has 1 fully saturated rings. The van der Waals surface area contributed by atoms with Crippen molar-refractivity contribution in [3.05, 3.63) is 16.3 Å². The molecular formula is C11H18N4O2. The molecule has 17 heavy (non-hydrogen) atoms. The highest BCUT2D eigenvalue weighted by molar-refractivity contribution is 4.90. The number of aromatic nitrogens is 3. The molecule has 94 valence electrons. The number of aryl methyl sites for hydroxylation is 1. The summed E-state index contributed by atoms with van der Waals surface area (Å²) in [6, 6.07) is 0. The van der Waals surface area contributed by atoms with Crippen LogP contribution in [0, 0.1) is 0 Å². The summed E-state index contributed by atoms with van der Waals surface area (Å²) in [4.78, 5) is 12.0. The van der Waals surface area contributed by atoms with Crippen LogP contribution in [0.4, 0.5) is 0 Å². The van der Waals surface area contributed by atoms with Crippen molar-refractivity contribution in [2.45, 2.75) is 45.0 Å². The first-order valence-electron chi connectivity index (χ1n) is 6.33.